The second-order valence-corrected chi connectivity index (χ2v) is 15.9. The molecule has 0 saturated heterocycles. The molecule has 0 radical (unpaired) electrons. The molecule has 0 saturated carbocycles. The van der Waals surface area contributed by atoms with Gasteiger partial charge in [0, 0.05) is 41.3 Å². The minimum Gasteiger partial charge on any atom is -0.504 e. The number of phenolic OH excluding ortho intramolecular Hbond substituents is 1. The molecule has 0 bridgehead atoms. The van der Waals surface area contributed by atoms with Crippen molar-refractivity contribution in [2.24, 2.45) is 0 Å². The van der Waals surface area contributed by atoms with Gasteiger partial charge in [0.2, 0.25) is 0 Å². The van der Waals surface area contributed by atoms with Crippen molar-refractivity contribution in [2.75, 3.05) is 61.8 Å². The van der Waals surface area contributed by atoms with E-state index < -0.39 is 49.5 Å². The first kappa shape index (κ1) is 46.2. The molecule has 22 heteroatoms. The molecular weight excluding hydrogens is 700 g/mol. The van der Waals surface area contributed by atoms with Crippen LogP contribution in [0.25, 0.3) is 0 Å². The minimum atomic E-state index is -4.08. The van der Waals surface area contributed by atoms with E-state index in [4.69, 9.17) is 33.9 Å². The highest BCUT2D eigenvalue weighted by atomic mass is 31.2. The summed E-state index contributed by atoms with van der Waals surface area (Å²) in [5.74, 6) is -1.14. The van der Waals surface area contributed by atoms with Crippen molar-refractivity contribution in [2.45, 2.75) is 12.7 Å². The van der Waals surface area contributed by atoms with Crippen molar-refractivity contribution in [3.63, 3.8) is 0 Å². The van der Waals surface area contributed by atoms with Crippen LogP contribution in [0.3, 0.4) is 0 Å². The van der Waals surface area contributed by atoms with E-state index in [0.29, 0.717) is 6.61 Å². The molecule has 266 valence electrons. The monoisotopic (exact) mass is 742 g/mol. The number of benzene rings is 2. The van der Waals surface area contributed by atoms with Gasteiger partial charge in [-0.15, -0.1) is 0 Å². The van der Waals surface area contributed by atoms with E-state index in [1.165, 1.54) is 33.0 Å². The summed E-state index contributed by atoms with van der Waals surface area (Å²) >= 11 is 0. The Balaban J connectivity index is 0. The quantitative estimate of drug-likeness (QED) is 0.0794. The van der Waals surface area contributed by atoms with Crippen molar-refractivity contribution in [3.8, 4) is 11.5 Å². The van der Waals surface area contributed by atoms with Gasteiger partial charge in [0.25, 0.3) is 0 Å². The van der Waals surface area contributed by atoms with Crippen LogP contribution in [0.2, 0.25) is 0 Å². The molecule has 0 aliphatic rings. The summed E-state index contributed by atoms with van der Waals surface area (Å²) in [5.41, 5.74) is 0.988. The van der Waals surface area contributed by atoms with Crippen LogP contribution in [0, 0.1) is 0 Å². The van der Waals surface area contributed by atoms with Crippen LogP contribution in [0.5, 0.6) is 11.5 Å². The third-order valence-electron chi connectivity index (χ3n) is 4.41. The molecule has 0 heterocycles. The van der Waals surface area contributed by atoms with Crippen molar-refractivity contribution >= 4 is 36.6 Å². The number of hydrogen-bond donors (Lipinski definition) is 5. The normalized spacial score (nSPS) is 16.3. The molecule has 2 aromatic rings. The Morgan fingerprint density at radius 3 is 1.72 bits per heavy atom. The molecule has 0 aromatic heterocycles. The second-order valence-electron chi connectivity index (χ2n) is 8.37. The van der Waals surface area contributed by atoms with Gasteiger partial charge in [0.15, 0.2) is 24.4 Å². The summed E-state index contributed by atoms with van der Waals surface area (Å²) in [7, 11) is -8.91. The van der Waals surface area contributed by atoms with Crippen LogP contribution < -0.4 is 4.52 Å². The van der Waals surface area contributed by atoms with E-state index in [9.17, 15) is 23.1 Å². The molecule has 0 spiro atoms. The van der Waals surface area contributed by atoms with Gasteiger partial charge in [-0.05, 0) is 17.7 Å². The zero-order valence-electron chi connectivity index (χ0n) is 26.2. The van der Waals surface area contributed by atoms with Gasteiger partial charge >= 0.3 is 36.6 Å². The largest absolute Gasteiger partial charge is 0.527 e. The van der Waals surface area contributed by atoms with Gasteiger partial charge in [-0.1, -0.05) is 42.5 Å². The third kappa shape index (κ3) is 27.2. The van der Waals surface area contributed by atoms with E-state index in [2.05, 4.69) is 27.6 Å². The summed E-state index contributed by atoms with van der Waals surface area (Å²) in [6, 6.07) is 15.4. The molecule has 0 fully saturated rings. The fourth-order valence-electron chi connectivity index (χ4n) is 2.01. The number of methoxy groups -OCH3 is 1. The highest BCUT2D eigenvalue weighted by molar-refractivity contribution is 7.53. The molecule has 2 aromatic carbocycles. The second kappa shape index (κ2) is 23.4. The lowest BCUT2D eigenvalue weighted by molar-refractivity contribution is -0.155. The van der Waals surface area contributed by atoms with Gasteiger partial charge in [-0.3, -0.25) is 27.6 Å². The van der Waals surface area contributed by atoms with Gasteiger partial charge in [-0.2, -0.15) is 0 Å². The average Bonchev–Trinajstić information content (AvgIpc) is 2.99. The minimum absolute atomic E-state index is 0.0878. The first-order chi connectivity index (χ1) is 21.1. The van der Waals surface area contributed by atoms with E-state index in [1.54, 1.807) is 12.1 Å². The van der Waals surface area contributed by atoms with Crippen LogP contribution in [-0.4, -0.2) is 98.8 Å². The van der Waals surface area contributed by atoms with Crippen molar-refractivity contribution < 1.29 is 84.6 Å². The predicted octanol–water partition coefficient (Wildman–Crippen LogP) is 3.96. The zero-order chi connectivity index (χ0) is 36.0. The highest BCUT2D eigenvalue weighted by Crippen LogP contribution is 2.45. The molecule has 0 aliphatic heterocycles. The topological polar surface area (TPSA) is 260 Å². The third-order valence-corrected chi connectivity index (χ3v) is 7.83. The van der Waals surface area contributed by atoms with Crippen molar-refractivity contribution in [3.05, 3.63) is 60.2 Å². The Kier molecular flexibility index (Phi) is 23.4. The summed E-state index contributed by atoms with van der Waals surface area (Å²) in [6.45, 7) is 3.07. The Labute approximate surface area is 267 Å². The number of aromatic hydroxyl groups is 1. The maximum absolute atomic E-state index is 11.3. The Hall–Kier alpha value is -1.97. The SMILES string of the molecule is COC(=O)C(O)COCOP(C)(=O)O.COP(=O)(O)Oc1ccccc1O.COP(C)(=O)O.COP(C)(=O)OCc1ccccc1. The molecular formula is C24H42O18P4. The number of phenols is 1. The maximum atomic E-state index is 11.3. The Bertz CT molecular complexity index is 1310. The number of hydrogen-bond acceptors (Lipinski definition) is 15. The average molecular weight is 742 g/mol. The number of aliphatic hydroxyl groups is 1. The summed E-state index contributed by atoms with van der Waals surface area (Å²) in [6.07, 6.45) is -1.42. The Morgan fingerprint density at radius 2 is 1.28 bits per heavy atom. The molecule has 0 amide bonds. The van der Waals surface area contributed by atoms with E-state index in [0.717, 1.165) is 33.1 Å². The van der Waals surface area contributed by atoms with Crippen molar-refractivity contribution in [1.82, 2.24) is 0 Å². The van der Waals surface area contributed by atoms with Crippen LogP contribution >= 0.6 is 30.6 Å². The number of para-hydroxylation sites is 2. The first-order valence-electron chi connectivity index (χ1n) is 12.4. The van der Waals surface area contributed by atoms with Crippen LogP contribution in [-0.2, 0) is 61.8 Å². The summed E-state index contributed by atoms with van der Waals surface area (Å²) in [4.78, 5) is 36.3. The molecule has 5 N–H and O–H groups in total. The lowest BCUT2D eigenvalue weighted by Crippen LogP contribution is -2.27. The number of phosphoric ester groups is 1. The molecule has 2 rings (SSSR count). The molecule has 5 atom stereocenters. The lowest BCUT2D eigenvalue weighted by atomic mass is 10.2. The predicted molar refractivity (Wildman–Crippen MR) is 166 cm³/mol. The standard InChI is InChI=1S/C9H13O3P.C7H9O5P.C6H13O7P.C2H7O3P/c1-11-13(2,10)12-8-9-6-4-3-5-7-9;1-11-13(9,10)12-7-5-3-2-4-6(7)8;1-11-6(8)5(7)3-12-4-13-14(2,9)10;1-5-6(2,3)4/h3-7H,8H2,1-2H3;2-5,8H,1H3,(H,9,10);5,7H,3-4H2,1-2H3,(H,9,10);1-2H3,(H,3,4). The summed E-state index contributed by atoms with van der Waals surface area (Å²) < 4.78 is 78.3. The van der Waals surface area contributed by atoms with Crippen LogP contribution in [0.15, 0.2) is 54.6 Å². The highest BCUT2D eigenvalue weighted by Gasteiger charge is 2.21. The molecule has 18 nitrogen and oxygen atoms in total. The van der Waals surface area contributed by atoms with Gasteiger partial charge < -0.3 is 47.6 Å². The summed E-state index contributed by atoms with van der Waals surface area (Å²) in [5, 5.41) is 18.1. The van der Waals surface area contributed by atoms with E-state index in [-0.39, 0.29) is 18.1 Å². The van der Waals surface area contributed by atoms with Crippen LogP contribution in [0.4, 0.5) is 0 Å². The molecule has 0 aliphatic carbocycles. The Morgan fingerprint density at radius 1 is 0.761 bits per heavy atom. The fraction of sp³-hybridized carbons (Fsp3) is 0.458. The van der Waals surface area contributed by atoms with E-state index >= 15 is 0 Å². The fourth-order valence-corrected chi connectivity index (χ4v) is 3.25. The first-order valence-corrected chi connectivity index (χ1v) is 20.0. The molecule has 5 unspecified atom stereocenters. The van der Waals surface area contributed by atoms with Gasteiger partial charge in [0.05, 0.1) is 20.3 Å². The molecule has 46 heavy (non-hydrogen) atoms. The number of carbonyl (C=O) groups is 1. The number of carbonyl (C=O) groups excluding carboxylic acids is 1. The lowest BCUT2D eigenvalue weighted by Gasteiger charge is -2.10. The number of ether oxygens (including phenoxy) is 2. The number of aliphatic hydroxyl groups excluding tert-OH is 1. The number of phosphoric acid groups is 1. The van der Waals surface area contributed by atoms with Gasteiger partial charge in [-0.25, -0.2) is 9.36 Å². The van der Waals surface area contributed by atoms with Gasteiger partial charge in [0.1, 0.15) is 0 Å². The number of esters is 1. The van der Waals surface area contributed by atoms with E-state index in [1.807, 2.05) is 30.3 Å². The zero-order valence-corrected chi connectivity index (χ0v) is 29.8. The smallest absolute Gasteiger partial charge is 0.504 e. The van der Waals surface area contributed by atoms with Crippen LogP contribution in [0.1, 0.15) is 5.56 Å². The maximum Gasteiger partial charge on any atom is 0.527 e. The van der Waals surface area contributed by atoms with Crippen molar-refractivity contribution in [1.29, 1.82) is 0 Å². The number of rotatable bonds is 14.